The van der Waals surface area contributed by atoms with Crippen LogP contribution in [0.4, 0.5) is 0 Å². The Morgan fingerprint density at radius 2 is 1.53 bits per heavy atom. The molecule has 0 aromatic carbocycles. The molecule has 0 aliphatic rings. The smallest absolute Gasteiger partial charge is 0.220 e. The van der Waals surface area contributed by atoms with Crippen LogP contribution in [0.1, 0.15) is 32.6 Å². The van der Waals surface area contributed by atoms with Gasteiger partial charge in [0.1, 0.15) is 0 Å². The van der Waals surface area contributed by atoms with Crippen LogP contribution in [0.3, 0.4) is 0 Å². The van der Waals surface area contributed by atoms with Crippen LogP contribution >= 0.6 is 0 Å². The van der Waals surface area contributed by atoms with Gasteiger partial charge in [0, 0.05) is 32.5 Å². The van der Waals surface area contributed by atoms with E-state index in [9.17, 15) is 9.59 Å². The van der Waals surface area contributed by atoms with E-state index in [-0.39, 0.29) is 24.7 Å². The lowest BCUT2D eigenvalue weighted by atomic mass is 10.2. The van der Waals surface area contributed by atoms with E-state index >= 15 is 0 Å². The fourth-order valence-electron chi connectivity index (χ4n) is 1.35. The number of rotatable bonds is 12. The van der Waals surface area contributed by atoms with Gasteiger partial charge in [-0.3, -0.25) is 9.59 Å². The van der Waals surface area contributed by atoms with Crippen LogP contribution in [0.5, 0.6) is 0 Å². The van der Waals surface area contributed by atoms with Crippen molar-refractivity contribution in [1.82, 2.24) is 16.0 Å². The van der Waals surface area contributed by atoms with Crippen molar-refractivity contribution in [3.63, 3.8) is 0 Å². The van der Waals surface area contributed by atoms with Crippen molar-refractivity contribution in [1.29, 1.82) is 0 Å². The molecule has 112 valence electrons. The van der Waals surface area contributed by atoms with Crippen LogP contribution in [-0.2, 0) is 14.3 Å². The van der Waals surface area contributed by atoms with Crippen molar-refractivity contribution in [3.05, 3.63) is 0 Å². The summed E-state index contributed by atoms with van der Waals surface area (Å²) < 4.78 is 5.26. The second-order valence-corrected chi connectivity index (χ2v) is 4.27. The number of ether oxygens (including phenoxy) is 1. The maximum Gasteiger partial charge on any atom is 0.220 e. The number of amides is 2. The quantitative estimate of drug-likeness (QED) is 0.439. The molecule has 0 spiro atoms. The Labute approximate surface area is 115 Å². The van der Waals surface area contributed by atoms with Crippen LogP contribution in [0.15, 0.2) is 0 Å². The number of carbonyl (C=O) groups excluding carboxylic acids is 2. The molecule has 0 heterocycles. The SMILES string of the molecule is CCCCNC(=O)CCC(=O)NCCOCCNC. The van der Waals surface area contributed by atoms with Gasteiger partial charge in [0.2, 0.25) is 11.8 Å². The Kier molecular flexibility index (Phi) is 12.5. The molecule has 0 aromatic rings. The highest BCUT2D eigenvalue weighted by atomic mass is 16.5. The van der Waals surface area contributed by atoms with E-state index in [2.05, 4.69) is 22.9 Å². The highest BCUT2D eigenvalue weighted by Crippen LogP contribution is 1.90. The highest BCUT2D eigenvalue weighted by molar-refractivity contribution is 5.83. The van der Waals surface area contributed by atoms with E-state index in [1.165, 1.54) is 0 Å². The summed E-state index contributed by atoms with van der Waals surface area (Å²) in [5, 5.41) is 8.46. The third-order valence-electron chi connectivity index (χ3n) is 2.50. The molecule has 0 aliphatic heterocycles. The lowest BCUT2D eigenvalue weighted by Crippen LogP contribution is -2.30. The van der Waals surface area contributed by atoms with Crippen molar-refractivity contribution < 1.29 is 14.3 Å². The average Bonchev–Trinajstić information content (AvgIpc) is 2.40. The maximum absolute atomic E-state index is 11.4. The standard InChI is InChI=1S/C13H27N3O3/c1-3-4-7-15-12(17)5-6-13(18)16-9-11-19-10-8-14-2/h14H,3-11H2,1-2H3,(H,15,17)(H,16,18). The first-order valence-electron chi connectivity index (χ1n) is 6.96. The monoisotopic (exact) mass is 273 g/mol. The zero-order valence-electron chi connectivity index (χ0n) is 12.1. The summed E-state index contributed by atoms with van der Waals surface area (Å²) in [5.41, 5.74) is 0. The van der Waals surface area contributed by atoms with Gasteiger partial charge in [0.25, 0.3) is 0 Å². The van der Waals surface area contributed by atoms with E-state index in [0.717, 1.165) is 19.4 Å². The third kappa shape index (κ3) is 13.1. The first-order chi connectivity index (χ1) is 9.20. The zero-order chi connectivity index (χ0) is 14.3. The lowest BCUT2D eigenvalue weighted by molar-refractivity contribution is -0.126. The Balaban J connectivity index is 3.36. The number of likely N-dealkylation sites (N-methyl/N-ethyl adjacent to an activating group) is 1. The van der Waals surface area contributed by atoms with E-state index in [1.54, 1.807) is 0 Å². The minimum atomic E-state index is -0.108. The van der Waals surface area contributed by atoms with Crippen LogP contribution in [0, 0.1) is 0 Å². The van der Waals surface area contributed by atoms with Gasteiger partial charge < -0.3 is 20.7 Å². The zero-order valence-corrected chi connectivity index (χ0v) is 12.1. The molecule has 0 saturated carbocycles. The van der Waals surface area contributed by atoms with E-state index < -0.39 is 0 Å². The van der Waals surface area contributed by atoms with E-state index in [1.807, 2.05) is 7.05 Å². The topological polar surface area (TPSA) is 79.5 Å². The molecule has 0 atom stereocenters. The van der Waals surface area contributed by atoms with Gasteiger partial charge in [-0.1, -0.05) is 13.3 Å². The fourth-order valence-corrected chi connectivity index (χ4v) is 1.35. The van der Waals surface area contributed by atoms with Crippen LogP contribution < -0.4 is 16.0 Å². The van der Waals surface area contributed by atoms with Gasteiger partial charge >= 0.3 is 0 Å². The fraction of sp³-hybridized carbons (Fsp3) is 0.846. The number of hydrogen-bond donors (Lipinski definition) is 3. The Hall–Kier alpha value is -1.14. The number of hydrogen-bond acceptors (Lipinski definition) is 4. The number of carbonyl (C=O) groups is 2. The van der Waals surface area contributed by atoms with Crippen molar-refractivity contribution in [2.75, 3.05) is 39.9 Å². The molecular formula is C13H27N3O3. The number of nitrogens with one attached hydrogen (secondary N) is 3. The van der Waals surface area contributed by atoms with Crippen molar-refractivity contribution in [3.8, 4) is 0 Å². The van der Waals surface area contributed by atoms with Crippen molar-refractivity contribution >= 4 is 11.8 Å². The molecule has 0 unspecified atom stereocenters. The summed E-state index contributed by atoms with van der Waals surface area (Å²) in [7, 11) is 1.86. The molecule has 6 heteroatoms. The lowest BCUT2D eigenvalue weighted by Gasteiger charge is -2.07. The van der Waals surface area contributed by atoms with Crippen molar-refractivity contribution in [2.45, 2.75) is 32.6 Å². The third-order valence-corrected chi connectivity index (χ3v) is 2.50. The normalized spacial score (nSPS) is 10.2. The molecule has 0 fully saturated rings. The Bertz CT molecular complexity index is 247. The second kappa shape index (κ2) is 13.3. The van der Waals surface area contributed by atoms with Crippen LogP contribution in [-0.4, -0.2) is 51.7 Å². The van der Waals surface area contributed by atoms with Gasteiger partial charge in [0.05, 0.1) is 13.2 Å². The molecule has 0 rings (SSSR count). The highest BCUT2D eigenvalue weighted by Gasteiger charge is 2.05. The van der Waals surface area contributed by atoms with Gasteiger partial charge in [-0.25, -0.2) is 0 Å². The molecule has 6 nitrogen and oxygen atoms in total. The molecule has 0 bridgehead atoms. The molecule has 2 amide bonds. The maximum atomic E-state index is 11.4. The summed E-state index contributed by atoms with van der Waals surface area (Å²) >= 11 is 0. The minimum absolute atomic E-state index is 0.0612. The first-order valence-corrected chi connectivity index (χ1v) is 6.96. The van der Waals surface area contributed by atoms with Gasteiger partial charge in [-0.05, 0) is 13.5 Å². The summed E-state index contributed by atoms with van der Waals surface area (Å²) in [6.07, 6.45) is 2.50. The van der Waals surface area contributed by atoms with Crippen LogP contribution in [0.2, 0.25) is 0 Å². The van der Waals surface area contributed by atoms with E-state index in [0.29, 0.717) is 26.3 Å². The van der Waals surface area contributed by atoms with Crippen molar-refractivity contribution in [2.24, 2.45) is 0 Å². The summed E-state index contributed by atoms with van der Waals surface area (Å²) in [5.74, 6) is -0.170. The Morgan fingerprint density at radius 3 is 2.11 bits per heavy atom. The summed E-state index contributed by atoms with van der Waals surface area (Å²) in [6.45, 7) is 5.17. The molecule has 3 N–H and O–H groups in total. The molecule has 19 heavy (non-hydrogen) atoms. The van der Waals surface area contributed by atoms with Gasteiger partial charge in [-0.15, -0.1) is 0 Å². The summed E-state index contributed by atoms with van der Waals surface area (Å²) in [6, 6.07) is 0. The molecule has 0 aliphatic carbocycles. The minimum Gasteiger partial charge on any atom is -0.378 e. The van der Waals surface area contributed by atoms with E-state index in [4.69, 9.17) is 4.74 Å². The van der Waals surface area contributed by atoms with Gasteiger partial charge in [-0.2, -0.15) is 0 Å². The number of unbranched alkanes of at least 4 members (excludes halogenated alkanes) is 1. The Morgan fingerprint density at radius 1 is 0.947 bits per heavy atom. The molecule has 0 saturated heterocycles. The van der Waals surface area contributed by atoms with Gasteiger partial charge in [0.15, 0.2) is 0 Å². The predicted molar refractivity (Wildman–Crippen MR) is 74.9 cm³/mol. The predicted octanol–water partition coefficient (Wildman–Crippen LogP) is 0.0351. The molecule has 0 radical (unpaired) electrons. The average molecular weight is 273 g/mol. The van der Waals surface area contributed by atoms with Crippen LogP contribution in [0.25, 0.3) is 0 Å². The second-order valence-electron chi connectivity index (χ2n) is 4.27. The first kappa shape index (κ1) is 17.9. The molecular weight excluding hydrogens is 246 g/mol. The largest absolute Gasteiger partial charge is 0.378 e. The molecule has 0 aromatic heterocycles. The summed E-state index contributed by atoms with van der Waals surface area (Å²) in [4.78, 5) is 22.8.